The zero-order chi connectivity index (χ0) is 14.0. The van der Waals surface area contributed by atoms with Gasteiger partial charge in [0.05, 0.1) is 4.92 Å². The van der Waals surface area contributed by atoms with Gasteiger partial charge >= 0.3 is 0 Å². The lowest BCUT2D eigenvalue weighted by atomic mass is 10.2. The third-order valence-corrected chi connectivity index (χ3v) is 2.87. The molecule has 1 heterocycles. The number of anilines is 1. The zero-order valence-electron chi connectivity index (χ0n) is 9.86. The highest BCUT2D eigenvalue weighted by molar-refractivity contribution is 5.77. The van der Waals surface area contributed by atoms with Gasteiger partial charge in [0.1, 0.15) is 0 Å². The van der Waals surface area contributed by atoms with Crippen molar-refractivity contribution in [2.24, 2.45) is 0 Å². The van der Waals surface area contributed by atoms with Gasteiger partial charge in [-0.15, -0.1) is 0 Å². The standard InChI is InChI=1S/C11H11F2N3O3/c12-7-1-2-8(16(18)19)11(10(7)13)15-5-3-9(17)14-4-6-15/h1-2H,3-6H2,(H,14,17). The van der Waals surface area contributed by atoms with E-state index in [2.05, 4.69) is 5.32 Å². The van der Waals surface area contributed by atoms with Crippen LogP contribution in [-0.4, -0.2) is 30.5 Å². The van der Waals surface area contributed by atoms with Crippen molar-refractivity contribution >= 4 is 17.3 Å². The summed E-state index contributed by atoms with van der Waals surface area (Å²) in [7, 11) is 0. The number of benzene rings is 1. The van der Waals surface area contributed by atoms with Crippen molar-refractivity contribution in [3.05, 3.63) is 33.9 Å². The minimum absolute atomic E-state index is 0.0765. The van der Waals surface area contributed by atoms with Gasteiger partial charge in [-0.25, -0.2) is 8.78 Å². The van der Waals surface area contributed by atoms with Crippen LogP contribution in [0.3, 0.4) is 0 Å². The highest BCUT2D eigenvalue weighted by Gasteiger charge is 2.27. The second-order valence-electron chi connectivity index (χ2n) is 4.07. The summed E-state index contributed by atoms with van der Waals surface area (Å²) >= 11 is 0. The van der Waals surface area contributed by atoms with Gasteiger partial charge in [-0.3, -0.25) is 14.9 Å². The minimum atomic E-state index is -1.26. The molecule has 1 N–H and O–H groups in total. The van der Waals surface area contributed by atoms with E-state index in [4.69, 9.17) is 0 Å². The lowest BCUT2D eigenvalue weighted by Crippen LogP contribution is -2.29. The molecule has 0 radical (unpaired) electrons. The highest BCUT2D eigenvalue weighted by atomic mass is 19.2. The van der Waals surface area contributed by atoms with Crippen LogP contribution in [0.4, 0.5) is 20.2 Å². The SMILES string of the molecule is O=C1CCN(c2c([N+](=O)[O-])ccc(F)c2F)CCN1. The first kappa shape index (κ1) is 13.2. The average Bonchev–Trinajstić information content (AvgIpc) is 2.57. The molecule has 0 saturated carbocycles. The second-order valence-corrected chi connectivity index (χ2v) is 4.07. The van der Waals surface area contributed by atoms with Crippen LogP contribution in [0.25, 0.3) is 0 Å². The number of amides is 1. The van der Waals surface area contributed by atoms with E-state index in [0.29, 0.717) is 0 Å². The number of hydrogen-bond acceptors (Lipinski definition) is 4. The largest absolute Gasteiger partial charge is 0.361 e. The number of halogens is 2. The van der Waals surface area contributed by atoms with Crippen molar-refractivity contribution in [1.29, 1.82) is 0 Å². The van der Waals surface area contributed by atoms with E-state index in [0.717, 1.165) is 12.1 Å². The Kier molecular flexibility index (Phi) is 3.59. The van der Waals surface area contributed by atoms with Crippen LogP contribution in [0.5, 0.6) is 0 Å². The van der Waals surface area contributed by atoms with Crippen molar-refractivity contribution in [2.75, 3.05) is 24.5 Å². The average molecular weight is 271 g/mol. The maximum atomic E-state index is 13.8. The van der Waals surface area contributed by atoms with Crippen molar-refractivity contribution in [1.82, 2.24) is 5.32 Å². The number of nitro groups is 1. The molecule has 0 aromatic heterocycles. The van der Waals surface area contributed by atoms with Crippen LogP contribution < -0.4 is 10.2 Å². The molecular weight excluding hydrogens is 260 g/mol. The maximum absolute atomic E-state index is 13.8. The highest BCUT2D eigenvalue weighted by Crippen LogP contribution is 2.32. The van der Waals surface area contributed by atoms with Crippen LogP contribution in [-0.2, 0) is 4.79 Å². The van der Waals surface area contributed by atoms with Crippen molar-refractivity contribution in [3.63, 3.8) is 0 Å². The molecule has 102 valence electrons. The van der Waals surface area contributed by atoms with E-state index >= 15 is 0 Å². The van der Waals surface area contributed by atoms with Gasteiger partial charge in [-0.1, -0.05) is 0 Å². The number of hydrogen-bond donors (Lipinski definition) is 1. The second kappa shape index (κ2) is 5.17. The molecule has 0 atom stereocenters. The predicted octanol–water partition coefficient (Wildman–Crippen LogP) is 1.20. The Bertz CT molecular complexity index is 536. The molecule has 6 nitrogen and oxygen atoms in total. The molecule has 19 heavy (non-hydrogen) atoms. The van der Waals surface area contributed by atoms with Gasteiger partial charge in [0.25, 0.3) is 5.69 Å². The van der Waals surface area contributed by atoms with Crippen LogP contribution in [0.15, 0.2) is 12.1 Å². The summed E-state index contributed by atoms with van der Waals surface area (Å²) in [6, 6.07) is 1.64. The van der Waals surface area contributed by atoms with Gasteiger partial charge in [-0.05, 0) is 6.07 Å². The molecule has 1 amide bonds. The smallest absolute Gasteiger partial charge is 0.295 e. The Hall–Kier alpha value is -2.25. The van der Waals surface area contributed by atoms with Crippen LogP contribution in [0, 0.1) is 21.7 Å². The lowest BCUT2D eigenvalue weighted by molar-refractivity contribution is -0.384. The van der Waals surface area contributed by atoms with Gasteiger partial charge in [0.2, 0.25) is 5.91 Å². The van der Waals surface area contributed by atoms with Crippen LogP contribution in [0.2, 0.25) is 0 Å². The Labute approximate surface area is 107 Å². The molecular formula is C11H11F2N3O3. The number of rotatable bonds is 2. The monoisotopic (exact) mass is 271 g/mol. The molecule has 0 spiro atoms. The summed E-state index contributed by atoms with van der Waals surface area (Å²) in [6.07, 6.45) is 0.0765. The normalized spacial score (nSPS) is 15.9. The molecule has 1 fully saturated rings. The summed E-state index contributed by atoms with van der Waals surface area (Å²) < 4.78 is 27.1. The van der Waals surface area contributed by atoms with E-state index in [1.54, 1.807) is 0 Å². The number of carbonyl (C=O) groups is 1. The quantitative estimate of drug-likeness (QED) is 0.647. The van der Waals surface area contributed by atoms with Crippen molar-refractivity contribution in [2.45, 2.75) is 6.42 Å². The molecule has 0 unspecified atom stereocenters. The molecule has 0 bridgehead atoms. The van der Waals surface area contributed by atoms with Gasteiger partial charge in [0.15, 0.2) is 17.3 Å². The molecule has 1 aliphatic rings. The number of nitrogens with one attached hydrogen (secondary N) is 1. The van der Waals surface area contributed by atoms with Crippen molar-refractivity contribution < 1.29 is 18.5 Å². The fraction of sp³-hybridized carbons (Fsp3) is 0.364. The summed E-state index contributed by atoms with van der Waals surface area (Å²) in [6.45, 7) is 0.520. The van der Waals surface area contributed by atoms with E-state index in [1.165, 1.54) is 4.90 Å². The molecule has 8 heteroatoms. The molecule has 1 aromatic rings. The lowest BCUT2D eigenvalue weighted by Gasteiger charge is -2.22. The Morgan fingerprint density at radius 3 is 2.74 bits per heavy atom. The molecule has 1 aromatic carbocycles. The number of nitro benzene ring substituents is 1. The van der Waals surface area contributed by atoms with Gasteiger partial charge in [-0.2, -0.15) is 0 Å². The fourth-order valence-corrected chi connectivity index (χ4v) is 1.97. The first-order chi connectivity index (χ1) is 9.00. The maximum Gasteiger partial charge on any atom is 0.295 e. The fourth-order valence-electron chi connectivity index (χ4n) is 1.97. The number of carbonyl (C=O) groups excluding carboxylic acids is 1. The molecule has 1 saturated heterocycles. The Balaban J connectivity index is 2.44. The third kappa shape index (κ3) is 2.61. The predicted molar refractivity (Wildman–Crippen MR) is 62.9 cm³/mol. The molecule has 0 aliphatic carbocycles. The molecule has 2 rings (SSSR count). The molecule has 1 aliphatic heterocycles. The van der Waals surface area contributed by atoms with E-state index < -0.39 is 27.9 Å². The Morgan fingerprint density at radius 1 is 1.32 bits per heavy atom. The third-order valence-electron chi connectivity index (χ3n) is 2.87. The topological polar surface area (TPSA) is 75.5 Å². The van der Waals surface area contributed by atoms with E-state index in [1.807, 2.05) is 0 Å². The zero-order valence-corrected chi connectivity index (χ0v) is 9.86. The first-order valence-electron chi connectivity index (χ1n) is 5.64. The van der Waals surface area contributed by atoms with Crippen molar-refractivity contribution in [3.8, 4) is 0 Å². The minimum Gasteiger partial charge on any atom is -0.361 e. The summed E-state index contributed by atoms with van der Waals surface area (Å²) in [4.78, 5) is 22.6. The van der Waals surface area contributed by atoms with Crippen LogP contribution >= 0.6 is 0 Å². The summed E-state index contributed by atoms with van der Waals surface area (Å²) in [5.41, 5.74) is -0.908. The first-order valence-corrected chi connectivity index (χ1v) is 5.64. The van der Waals surface area contributed by atoms with Gasteiger partial charge < -0.3 is 10.2 Å². The summed E-state index contributed by atoms with van der Waals surface area (Å²) in [5, 5.41) is 13.4. The van der Waals surface area contributed by atoms with E-state index in [9.17, 15) is 23.7 Å². The number of nitrogens with zero attached hydrogens (tertiary/aromatic N) is 2. The van der Waals surface area contributed by atoms with Crippen LogP contribution in [0.1, 0.15) is 6.42 Å². The van der Waals surface area contributed by atoms with E-state index in [-0.39, 0.29) is 32.0 Å². The summed E-state index contributed by atoms with van der Waals surface area (Å²) in [5.74, 6) is -2.63. The Morgan fingerprint density at radius 2 is 2.05 bits per heavy atom. The van der Waals surface area contributed by atoms with Gasteiger partial charge in [0, 0.05) is 32.1 Å².